The van der Waals surface area contributed by atoms with Gasteiger partial charge in [-0.25, -0.2) is 18.0 Å². The summed E-state index contributed by atoms with van der Waals surface area (Å²) in [5.74, 6) is -4.28. The van der Waals surface area contributed by atoms with Crippen LogP contribution in [0.2, 0.25) is 10.1 Å². The van der Waals surface area contributed by atoms with Crippen molar-refractivity contribution in [3.8, 4) is 0 Å². The number of nitrogens with one attached hydrogen (secondary N) is 1. The fourth-order valence-electron chi connectivity index (χ4n) is 7.07. The molecular weight excluding hydrogens is 763 g/mol. The predicted molar refractivity (Wildman–Crippen MR) is 230 cm³/mol. The van der Waals surface area contributed by atoms with Gasteiger partial charge in [-0.05, 0) is 76.2 Å². The van der Waals surface area contributed by atoms with E-state index in [0.29, 0.717) is 0 Å². The zero-order valence-corrected chi connectivity index (χ0v) is 36.8. The van der Waals surface area contributed by atoms with Crippen LogP contribution in [0.15, 0.2) is 133 Å². The Kier molecular flexibility index (Phi) is 14.3. The quantitative estimate of drug-likeness (QED) is 0.0916. The second-order valence-electron chi connectivity index (χ2n) is 17.0. The van der Waals surface area contributed by atoms with Gasteiger partial charge in [0.05, 0.1) is 12.1 Å². The maximum absolute atomic E-state index is 14.3. The van der Waals surface area contributed by atoms with Crippen molar-refractivity contribution in [1.29, 1.82) is 0 Å². The average molecular weight is 819 g/mol. The molecule has 4 nitrogen and oxygen atoms in total. The molecule has 0 unspecified atom stereocenters. The van der Waals surface area contributed by atoms with Gasteiger partial charge in [0.15, 0.2) is 17.5 Å². The molecule has 1 amide bonds. The summed E-state index contributed by atoms with van der Waals surface area (Å²) in [7, 11) is -5.33. The van der Waals surface area contributed by atoms with Crippen LogP contribution in [0.25, 0.3) is 0 Å². The fourth-order valence-corrected chi connectivity index (χ4v) is 15.9. The molecule has 0 heterocycles. The van der Waals surface area contributed by atoms with Crippen molar-refractivity contribution in [2.24, 2.45) is 0 Å². The highest BCUT2D eigenvalue weighted by Crippen LogP contribution is 2.40. The van der Waals surface area contributed by atoms with Crippen molar-refractivity contribution in [3.63, 3.8) is 0 Å². The second-order valence-corrected chi connectivity index (χ2v) is 27.0. The molecule has 2 atom stereocenters. The molecular formula is C46H55ClF3NO3Si2. The number of rotatable bonds is 9. The summed E-state index contributed by atoms with van der Waals surface area (Å²) in [6.07, 6.45) is -1.58. The number of carbonyl (C=O) groups is 1. The average Bonchev–Trinajstić information content (AvgIpc) is 3.14. The number of hydrogen-bond donors (Lipinski definition) is 1. The number of carbonyl (C=O) groups excluding carboxylic acids is 1. The Labute approximate surface area is 338 Å². The van der Waals surface area contributed by atoms with Gasteiger partial charge in [-0.1, -0.05) is 163 Å². The molecule has 0 bridgehead atoms. The summed E-state index contributed by atoms with van der Waals surface area (Å²) in [5, 5.41) is 6.96. The molecule has 298 valence electrons. The van der Waals surface area contributed by atoms with E-state index in [0.717, 1.165) is 22.5 Å². The Balaban J connectivity index is 0.000000321. The number of halogens is 4. The van der Waals surface area contributed by atoms with Crippen molar-refractivity contribution in [2.75, 3.05) is 0 Å². The monoisotopic (exact) mass is 817 g/mol. The van der Waals surface area contributed by atoms with E-state index in [4.69, 9.17) is 20.2 Å². The maximum Gasteiger partial charge on any atom is 0.408 e. The minimum absolute atomic E-state index is 0.0256. The highest BCUT2D eigenvalue weighted by atomic mass is 35.6. The molecule has 0 aliphatic heterocycles. The van der Waals surface area contributed by atoms with E-state index in [1.54, 1.807) is 27.7 Å². The molecule has 0 radical (unpaired) electrons. The molecule has 10 heteroatoms. The lowest BCUT2D eigenvalue weighted by Gasteiger charge is -2.46. The van der Waals surface area contributed by atoms with E-state index in [9.17, 15) is 18.0 Å². The first-order valence-electron chi connectivity index (χ1n) is 18.8. The third-order valence-corrected chi connectivity index (χ3v) is 22.1. The van der Waals surface area contributed by atoms with Crippen molar-refractivity contribution >= 4 is 53.6 Å². The number of benzene rings is 5. The number of hydrogen-bond acceptors (Lipinski definition) is 3. The molecule has 0 aliphatic rings. The van der Waals surface area contributed by atoms with Gasteiger partial charge in [-0.15, -0.1) is 0 Å². The smallest absolute Gasteiger partial charge is 0.408 e. The van der Waals surface area contributed by atoms with E-state index in [1.807, 2.05) is 72.8 Å². The zero-order valence-electron chi connectivity index (χ0n) is 34.1. The van der Waals surface area contributed by atoms with Gasteiger partial charge in [0.1, 0.15) is 5.60 Å². The molecule has 56 heavy (non-hydrogen) atoms. The summed E-state index contributed by atoms with van der Waals surface area (Å²) >= 11 is 7.21. The molecule has 1 N–H and O–H groups in total. The molecule has 0 spiro atoms. The van der Waals surface area contributed by atoms with Gasteiger partial charge >= 0.3 is 6.09 Å². The van der Waals surface area contributed by atoms with Crippen LogP contribution < -0.4 is 26.1 Å². The highest BCUT2D eigenvalue weighted by Gasteiger charge is 2.52. The lowest BCUT2D eigenvalue weighted by atomic mass is 10.0. The van der Waals surface area contributed by atoms with Gasteiger partial charge < -0.3 is 14.5 Å². The summed E-state index contributed by atoms with van der Waals surface area (Å²) in [6, 6.07) is 41.5. The first-order chi connectivity index (χ1) is 26.1. The topological polar surface area (TPSA) is 47.6 Å². The van der Waals surface area contributed by atoms with Crippen molar-refractivity contribution in [2.45, 2.75) is 97.1 Å². The van der Waals surface area contributed by atoms with Gasteiger partial charge in [-0.2, -0.15) is 11.1 Å². The Morgan fingerprint density at radius 3 is 1.29 bits per heavy atom. The second kappa shape index (κ2) is 18.0. The molecule has 5 aromatic carbocycles. The zero-order chi connectivity index (χ0) is 41.5. The van der Waals surface area contributed by atoms with Crippen LogP contribution >= 0.6 is 11.1 Å². The summed E-state index contributed by atoms with van der Waals surface area (Å²) in [5.41, 5.74) is -0.784. The highest BCUT2D eigenvalue weighted by molar-refractivity contribution is 7.35. The summed E-state index contributed by atoms with van der Waals surface area (Å²) in [6.45, 7) is 19.9. The number of ether oxygens (including phenoxy) is 1. The van der Waals surface area contributed by atoms with Gasteiger partial charge in [0, 0.05) is 0 Å². The predicted octanol–water partition coefficient (Wildman–Crippen LogP) is 10.4. The van der Waals surface area contributed by atoms with Crippen LogP contribution in [0.5, 0.6) is 0 Å². The molecule has 0 fully saturated rings. The Morgan fingerprint density at radius 1 is 0.607 bits per heavy atom. The Hall–Kier alpha value is -4.16. The van der Waals surface area contributed by atoms with Crippen LogP contribution in [0.4, 0.5) is 18.0 Å². The molecule has 0 aromatic heterocycles. The molecule has 0 aliphatic carbocycles. The van der Waals surface area contributed by atoms with Gasteiger partial charge in [0.2, 0.25) is 7.38 Å². The summed E-state index contributed by atoms with van der Waals surface area (Å²) in [4.78, 5) is 12.8. The van der Waals surface area contributed by atoms with Crippen LogP contribution in [0.1, 0.15) is 80.8 Å². The fraction of sp³-hybridized carbons (Fsp3) is 0.326. The Bertz CT molecular complexity index is 1920. The number of amides is 1. The molecule has 0 saturated heterocycles. The standard InChI is InChI=1S/C30H36F3NO3Si.C16H19ClSi/c1-20(27(34-28(35)36-29(2,3)4)21-18-24(31)26(33)25(32)19-21)37-38(30(5,6)7,22-14-10-8-11-15-22)23-16-12-9-13-17-23;1-16(2,3)18(17,14-10-6-4-7-11-14)15-12-8-5-9-13-15/h8-20,27H,1-7H3,(H,34,35);4-13H,1-3H3/t20-,27+;/m1./s1. The van der Waals surface area contributed by atoms with E-state index in [1.165, 1.54) is 10.4 Å². The van der Waals surface area contributed by atoms with E-state index >= 15 is 0 Å². The Morgan fingerprint density at radius 2 is 0.964 bits per heavy atom. The number of alkyl carbamates (subject to hydrolysis) is 1. The van der Waals surface area contributed by atoms with E-state index < -0.39 is 57.0 Å². The third kappa shape index (κ3) is 10.2. The van der Waals surface area contributed by atoms with Crippen LogP contribution in [-0.2, 0) is 9.16 Å². The minimum Gasteiger partial charge on any atom is -0.444 e. The lowest BCUT2D eigenvalue weighted by molar-refractivity contribution is 0.0446. The van der Waals surface area contributed by atoms with Gasteiger partial charge in [-0.3, -0.25) is 0 Å². The normalized spacial score (nSPS) is 13.5. The first kappa shape index (κ1) is 44.6. The van der Waals surface area contributed by atoms with Crippen molar-refractivity contribution in [3.05, 3.63) is 156 Å². The third-order valence-electron chi connectivity index (χ3n) is 9.66. The van der Waals surface area contributed by atoms with Gasteiger partial charge in [0.25, 0.3) is 8.32 Å². The van der Waals surface area contributed by atoms with E-state index in [2.05, 4.69) is 95.4 Å². The van der Waals surface area contributed by atoms with Crippen molar-refractivity contribution in [1.82, 2.24) is 5.32 Å². The van der Waals surface area contributed by atoms with Crippen LogP contribution in [0, 0.1) is 17.5 Å². The maximum atomic E-state index is 14.3. The van der Waals surface area contributed by atoms with Crippen LogP contribution in [-0.4, -0.2) is 33.5 Å². The lowest BCUT2D eigenvalue weighted by Crippen LogP contribution is -2.68. The molecule has 0 saturated carbocycles. The molecule has 5 rings (SSSR count). The van der Waals surface area contributed by atoms with E-state index in [-0.39, 0.29) is 15.6 Å². The van der Waals surface area contributed by atoms with Crippen molar-refractivity contribution < 1.29 is 27.1 Å². The largest absolute Gasteiger partial charge is 0.444 e. The minimum atomic E-state index is -3.10. The molecule has 5 aromatic rings. The van der Waals surface area contributed by atoms with Crippen LogP contribution in [0.3, 0.4) is 0 Å². The first-order valence-corrected chi connectivity index (χ1v) is 23.8. The summed E-state index contributed by atoms with van der Waals surface area (Å²) < 4.78 is 55.0. The SMILES string of the molecule is CC(C)(C)[Si](Cl)(c1ccccc1)c1ccccc1.C[C@@H](O[Si](c1ccccc1)(c1ccccc1)C(C)(C)C)[C@H](NC(=O)OC(C)(C)C)c1cc(F)c(F)c(F)c1.